The topological polar surface area (TPSA) is 66.1 Å². The van der Waals surface area contributed by atoms with Crippen molar-refractivity contribution in [2.75, 3.05) is 59.4 Å². The molecule has 0 saturated carbocycles. The average Bonchev–Trinajstić information content (AvgIpc) is 3.27. The van der Waals surface area contributed by atoms with Crippen LogP contribution >= 0.6 is 0 Å². The summed E-state index contributed by atoms with van der Waals surface area (Å²) >= 11 is 0. The highest BCUT2D eigenvalue weighted by Crippen LogP contribution is 2.28. The highest BCUT2D eigenvalue weighted by atomic mass is 16.5. The maximum absolute atomic E-state index is 12.4. The molecule has 0 spiro atoms. The Balaban J connectivity index is 1.47. The first-order valence-corrected chi connectivity index (χ1v) is 10.7. The predicted molar refractivity (Wildman–Crippen MR) is 124 cm³/mol. The van der Waals surface area contributed by atoms with E-state index in [0.717, 1.165) is 42.3 Å². The van der Waals surface area contributed by atoms with Gasteiger partial charge in [0.2, 0.25) is 0 Å². The minimum atomic E-state index is -0.137. The van der Waals surface area contributed by atoms with Gasteiger partial charge in [-0.05, 0) is 44.6 Å². The van der Waals surface area contributed by atoms with E-state index in [-0.39, 0.29) is 12.1 Å². The number of benzene rings is 2. The summed E-state index contributed by atoms with van der Waals surface area (Å²) in [5, 5.41) is 6.06. The number of amides is 2. The lowest BCUT2D eigenvalue weighted by Gasteiger charge is -2.26. The molecule has 2 aromatic rings. The van der Waals surface area contributed by atoms with Crippen molar-refractivity contribution in [1.82, 2.24) is 15.5 Å². The van der Waals surface area contributed by atoms with Crippen LogP contribution in [0.1, 0.15) is 18.0 Å². The van der Waals surface area contributed by atoms with Crippen LogP contribution in [0.5, 0.6) is 11.5 Å². The lowest BCUT2D eigenvalue weighted by Crippen LogP contribution is -2.42. The Kier molecular flexibility index (Phi) is 8.00. The van der Waals surface area contributed by atoms with Gasteiger partial charge in [-0.2, -0.15) is 0 Å². The molecule has 3 rings (SSSR count). The molecule has 0 aromatic heterocycles. The van der Waals surface area contributed by atoms with Gasteiger partial charge in [-0.25, -0.2) is 4.79 Å². The number of hydrogen-bond donors (Lipinski definition) is 2. The maximum Gasteiger partial charge on any atom is 0.314 e. The summed E-state index contributed by atoms with van der Waals surface area (Å²) in [5.74, 6) is 2.12. The highest BCUT2D eigenvalue weighted by Gasteiger charge is 2.24. The molecule has 2 aromatic carbocycles. The van der Waals surface area contributed by atoms with E-state index in [0.29, 0.717) is 19.0 Å². The molecule has 1 aliphatic rings. The average molecular weight is 427 g/mol. The van der Waals surface area contributed by atoms with Crippen LogP contribution in [0.2, 0.25) is 0 Å². The van der Waals surface area contributed by atoms with Crippen molar-refractivity contribution in [3.8, 4) is 11.5 Å². The largest absolute Gasteiger partial charge is 0.497 e. The number of nitrogens with one attached hydrogen (secondary N) is 2. The summed E-state index contributed by atoms with van der Waals surface area (Å²) in [4.78, 5) is 16.9. The molecule has 1 saturated heterocycles. The summed E-state index contributed by atoms with van der Waals surface area (Å²) < 4.78 is 10.8. The second-order valence-electron chi connectivity index (χ2n) is 8.11. The van der Waals surface area contributed by atoms with Crippen molar-refractivity contribution in [3.05, 3.63) is 54.1 Å². The van der Waals surface area contributed by atoms with Crippen molar-refractivity contribution in [2.24, 2.45) is 5.92 Å². The van der Waals surface area contributed by atoms with Crippen LogP contribution in [0, 0.1) is 5.92 Å². The zero-order chi connectivity index (χ0) is 22.2. The Morgan fingerprint density at radius 2 is 1.94 bits per heavy atom. The lowest BCUT2D eigenvalue weighted by atomic mass is 10.0. The second kappa shape index (κ2) is 10.9. The zero-order valence-corrected chi connectivity index (χ0v) is 18.9. The van der Waals surface area contributed by atoms with Crippen LogP contribution in [-0.2, 0) is 0 Å². The first-order chi connectivity index (χ1) is 15.0. The summed E-state index contributed by atoms with van der Waals surface area (Å²) in [7, 11) is 7.36. The van der Waals surface area contributed by atoms with Gasteiger partial charge in [-0.3, -0.25) is 0 Å². The van der Waals surface area contributed by atoms with Crippen molar-refractivity contribution in [3.63, 3.8) is 0 Å². The van der Waals surface area contributed by atoms with E-state index in [9.17, 15) is 4.79 Å². The number of likely N-dealkylation sites (N-methyl/N-ethyl adjacent to an activating group) is 1. The quantitative estimate of drug-likeness (QED) is 0.645. The summed E-state index contributed by atoms with van der Waals surface area (Å²) in [6.07, 6.45) is 1.05. The standard InChI is InChI=1S/C24H34N4O3/c1-27(2)22(21-10-5-6-11-23(21)31-4)16-26-24(29)25-15-18-12-13-28(17-18)19-8-7-9-20(14-19)30-3/h5-11,14,18,22H,12-13,15-17H2,1-4H3,(H2,25,26,29). The van der Waals surface area contributed by atoms with Crippen molar-refractivity contribution >= 4 is 11.7 Å². The van der Waals surface area contributed by atoms with E-state index in [1.807, 2.05) is 50.5 Å². The third-order valence-electron chi connectivity index (χ3n) is 5.83. The van der Waals surface area contributed by atoms with E-state index < -0.39 is 0 Å². The molecular weight excluding hydrogens is 392 g/mol. The van der Waals surface area contributed by atoms with Crippen molar-refractivity contribution < 1.29 is 14.3 Å². The fraction of sp³-hybridized carbons (Fsp3) is 0.458. The number of urea groups is 1. The van der Waals surface area contributed by atoms with Gasteiger partial charge in [-0.1, -0.05) is 24.3 Å². The number of rotatable bonds is 9. The number of carbonyl (C=O) groups is 1. The molecule has 2 amide bonds. The van der Waals surface area contributed by atoms with E-state index in [4.69, 9.17) is 9.47 Å². The number of nitrogens with zero attached hydrogens (tertiary/aromatic N) is 2. The van der Waals surface area contributed by atoms with Gasteiger partial charge in [0.05, 0.1) is 20.3 Å². The van der Waals surface area contributed by atoms with Crippen LogP contribution < -0.4 is 25.0 Å². The smallest absolute Gasteiger partial charge is 0.314 e. The molecule has 7 heteroatoms. The fourth-order valence-corrected chi connectivity index (χ4v) is 4.04. The molecule has 0 radical (unpaired) electrons. The van der Waals surface area contributed by atoms with Gasteiger partial charge in [0.15, 0.2) is 0 Å². The monoisotopic (exact) mass is 426 g/mol. The first kappa shape index (κ1) is 22.7. The van der Waals surface area contributed by atoms with E-state index in [1.165, 1.54) is 0 Å². The van der Waals surface area contributed by atoms with Gasteiger partial charge in [0, 0.05) is 43.5 Å². The lowest BCUT2D eigenvalue weighted by molar-refractivity contribution is 0.230. The number of methoxy groups -OCH3 is 2. The third-order valence-corrected chi connectivity index (χ3v) is 5.83. The molecule has 0 aliphatic carbocycles. The number of carbonyl (C=O) groups excluding carboxylic acids is 1. The third kappa shape index (κ3) is 6.04. The van der Waals surface area contributed by atoms with E-state index in [2.05, 4.69) is 32.6 Å². The van der Waals surface area contributed by atoms with Crippen LogP contribution in [0.3, 0.4) is 0 Å². The molecule has 31 heavy (non-hydrogen) atoms. The minimum Gasteiger partial charge on any atom is -0.497 e. The Morgan fingerprint density at radius 3 is 2.68 bits per heavy atom. The van der Waals surface area contributed by atoms with Crippen molar-refractivity contribution in [2.45, 2.75) is 12.5 Å². The molecule has 2 N–H and O–H groups in total. The summed E-state index contributed by atoms with van der Waals surface area (Å²) in [5.41, 5.74) is 2.22. The Hall–Kier alpha value is -2.93. The number of hydrogen-bond acceptors (Lipinski definition) is 5. The van der Waals surface area contributed by atoms with Crippen LogP contribution in [0.15, 0.2) is 48.5 Å². The molecule has 168 valence electrons. The predicted octanol–water partition coefficient (Wildman–Crippen LogP) is 3.13. The first-order valence-electron chi connectivity index (χ1n) is 10.7. The van der Waals surface area contributed by atoms with Crippen LogP contribution in [-0.4, -0.2) is 65.4 Å². The van der Waals surface area contributed by atoms with Gasteiger partial charge >= 0.3 is 6.03 Å². The Labute approximate surface area is 185 Å². The Bertz CT molecular complexity index is 858. The van der Waals surface area contributed by atoms with Gasteiger partial charge in [0.1, 0.15) is 11.5 Å². The van der Waals surface area contributed by atoms with E-state index >= 15 is 0 Å². The van der Waals surface area contributed by atoms with E-state index in [1.54, 1.807) is 14.2 Å². The fourth-order valence-electron chi connectivity index (χ4n) is 4.04. The summed E-state index contributed by atoms with van der Waals surface area (Å²) in [6.45, 7) is 3.07. The molecule has 0 bridgehead atoms. The Morgan fingerprint density at radius 1 is 1.13 bits per heavy atom. The highest BCUT2D eigenvalue weighted by molar-refractivity contribution is 5.73. The zero-order valence-electron chi connectivity index (χ0n) is 18.9. The molecule has 1 aliphatic heterocycles. The molecular formula is C24H34N4O3. The minimum absolute atomic E-state index is 0.0249. The number of anilines is 1. The maximum atomic E-state index is 12.4. The van der Waals surface area contributed by atoms with Crippen LogP contribution in [0.25, 0.3) is 0 Å². The second-order valence-corrected chi connectivity index (χ2v) is 8.11. The van der Waals surface area contributed by atoms with Gasteiger partial charge in [0.25, 0.3) is 0 Å². The molecule has 1 fully saturated rings. The molecule has 2 unspecified atom stereocenters. The normalized spacial score (nSPS) is 16.8. The molecule has 1 heterocycles. The van der Waals surface area contributed by atoms with Crippen molar-refractivity contribution in [1.29, 1.82) is 0 Å². The number of para-hydroxylation sites is 1. The van der Waals surface area contributed by atoms with Crippen LogP contribution in [0.4, 0.5) is 10.5 Å². The van der Waals surface area contributed by atoms with Gasteiger partial charge < -0.3 is 29.9 Å². The molecule has 2 atom stereocenters. The molecule has 7 nitrogen and oxygen atoms in total. The summed E-state index contributed by atoms with van der Waals surface area (Å²) in [6, 6.07) is 15.9. The van der Waals surface area contributed by atoms with Gasteiger partial charge in [-0.15, -0.1) is 0 Å². The number of ether oxygens (including phenoxy) is 2. The SMILES string of the molecule is COc1cccc(N2CCC(CNC(=O)NCC(c3ccccc3OC)N(C)C)C2)c1.